The molecule has 1 amide bonds. The molecule has 26 heavy (non-hydrogen) atoms. The van der Waals surface area contributed by atoms with Gasteiger partial charge in [-0.05, 0) is 61.7 Å². The maximum atomic E-state index is 12.5. The first-order valence-corrected chi connectivity index (χ1v) is 8.57. The molecule has 0 unspecified atom stereocenters. The third-order valence-corrected chi connectivity index (χ3v) is 4.66. The molecule has 142 valence electrons. The first kappa shape index (κ1) is 22.3. The highest BCUT2D eigenvalue weighted by Gasteiger charge is 2.14. The molecule has 1 aliphatic rings. The Morgan fingerprint density at radius 2 is 1.73 bits per heavy atom. The number of anilines is 1. The molecule has 0 saturated carbocycles. The summed E-state index contributed by atoms with van der Waals surface area (Å²) >= 11 is 0. The van der Waals surface area contributed by atoms with Crippen molar-refractivity contribution >= 4 is 36.4 Å². The second-order valence-corrected chi connectivity index (χ2v) is 6.51. The summed E-state index contributed by atoms with van der Waals surface area (Å²) in [6.07, 6.45) is 2.57. The normalized spacial score (nSPS) is 13.6. The third kappa shape index (κ3) is 5.63. The first-order valence-electron chi connectivity index (χ1n) is 8.57. The summed E-state index contributed by atoms with van der Waals surface area (Å²) in [4.78, 5) is 14.9. The van der Waals surface area contributed by atoms with E-state index in [0.29, 0.717) is 17.8 Å². The fourth-order valence-electron chi connectivity index (χ4n) is 3.22. The molecular weight excluding hydrogens is 369 g/mol. The zero-order chi connectivity index (χ0) is 16.9. The number of likely N-dealkylation sites (tertiary alicyclic amines) is 1. The molecule has 0 aromatic heterocycles. The molecule has 0 atom stereocenters. The van der Waals surface area contributed by atoms with Crippen molar-refractivity contribution in [2.45, 2.75) is 32.9 Å². The van der Waals surface area contributed by atoms with Crippen LogP contribution < -0.4 is 11.1 Å². The SMILES string of the molecule is Cc1ccc(N)cc1C(=O)NCc1ccccc1CN1CCCC1.Cl.Cl. The molecule has 0 spiro atoms. The summed E-state index contributed by atoms with van der Waals surface area (Å²) in [5.41, 5.74) is 10.5. The molecular formula is C20H27Cl2N3O. The zero-order valence-corrected chi connectivity index (χ0v) is 16.7. The fraction of sp³-hybridized carbons (Fsp3) is 0.350. The Kier molecular flexibility index (Phi) is 8.93. The lowest BCUT2D eigenvalue weighted by atomic mass is 10.1. The van der Waals surface area contributed by atoms with Crippen molar-refractivity contribution in [1.29, 1.82) is 0 Å². The van der Waals surface area contributed by atoms with Gasteiger partial charge in [0.1, 0.15) is 0 Å². The number of hydrogen-bond donors (Lipinski definition) is 2. The third-order valence-electron chi connectivity index (χ3n) is 4.66. The molecule has 1 heterocycles. The standard InChI is InChI=1S/C20H25N3O.2ClH/c1-15-8-9-18(21)12-19(15)20(24)22-13-16-6-2-3-7-17(16)14-23-10-4-5-11-23;;/h2-3,6-9,12H,4-5,10-11,13-14,21H2,1H3,(H,22,24);2*1H. The number of nitrogen functional groups attached to an aromatic ring is 1. The van der Waals surface area contributed by atoms with Gasteiger partial charge in [-0.1, -0.05) is 30.3 Å². The topological polar surface area (TPSA) is 58.4 Å². The molecule has 2 aromatic carbocycles. The van der Waals surface area contributed by atoms with Gasteiger partial charge in [0.15, 0.2) is 0 Å². The number of halogens is 2. The van der Waals surface area contributed by atoms with Crippen molar-refractivity contribution < 1.29 is 4.79 Å². The van der Waals surface area contributed by atoms with E-state index >= 15 is 0 Å². The monoisotopic (exact) mass is 395 g/mol. The molecule has 0 bridgehead atoms. The summed E-state index contributed by atoms with van der Waals surface area (Å²) in [5.74, 6) is -0.0734. The van der Waals surface area contributed by atoms with Crippen LogP contribution in [-0.4, -0.2) is 23.9 Å². The molecule has 1 fully saturated rings. The van der Waals surface area contributed by atoms with Crippen LogP contribution in [0.4, 0.5) is 5.69 Å². The molecule has 3 N–H and O–H groups in total. The molecule has 0 radical (unpaired) electrons. The number of nitrogens with two attached hydrogens (primary N) is 1. The number of carbonyl (C=O) groups excluding carboxylic acids is 1. The lowest BCUT2D eigenvalue weighted by Crippen LogP contribution is -2.25. The number of carbonyl (C=O) groups is 1. The van der Waals surface area contributed by atoms with Crippen molar-refractivity contribution in [3.05, 3.63) is 64.7 Å². The van der Waals surface area contributed by atoms with Crippen molar-refractivity contribution in [2.75, 3.05) is 18.8 Å². The largest absolute Gasteiger partial charge is 0.399 e. The van der Waals surface area contributed by atoms with Crippen LogP contribution in [0.2, 0.25) is 0 Å². The summed E-state index contributed by atoms with van der Waals surface area (Å²) in [6.45, 7) is 5.77. The van der Waals surface area contributed by atoms with Crippen LogP contribution in [0.5, 0.6) is 0 Å². The van der Waals surface area contributed by atoms with E-state index in [1.165, 1.54) is 37.1 Å². The molecule has 4 nitrogen and oxygen atoms in total. The van der Waals surface area contributed by atoms with Crippen LogP contribution in [-0.2, 0) is 13.1 Å². The van der Waals surface area contributed by atoms with Gasteiger partial charge in [-0.3, -0.25) is 9.69 Å². The van der Waals surface area contributed by atoms with E-state index in [-0.39, 0.29) is 30.7 Å². The van der Waals surface area contributed by atoms with E-state index in [9.17, 15) is 4.79 Å². The van der Waals surface area contributed by atoms with Crippen molar-refractivity contribution in [1.82, 2.24) is 10.2 Å². The lowest BCUT2D eigenvalue weighted by Gasteiger charge is -2.18. The van der Waals surface area contributed by atoms with E-state index < -0.39 is 0 Å². The predicted octanol–water partition coefficient (Wildman–Crippen LogP) is 3.95. The minimum Gasteiger partial charge on any atom is -0.399 e. The average Bonchev–Trinajstić information content (AvgIpc) is 3.09. The average molecular weight is 396 g/mol. The van der Waals surface area contributed by atoms with E-state index in [1.54, 1.807) is 6.07 Å². The predicted molar refractivity (Wildman–Crippen MR) is 112 cm³/mol. The van der Waals surface area contributed by atoms with Crippen LogP contribution in [0.1, 0.15) is 39.9 Å². The molecule has 6 heteroatoms. The van der Waals surface area contributed by atoms with E-state index in [0.717, 1.165) is 12.1 Å². The molecule has 2 aromatic rings. The van der Waals surface area contributed by atoms with Crippen LogP contribution in [0, 0.1) is 6.92 Å². The summed E-state index contributed by atoms with van der Waals surface area (Å²) in [6, 6.07) is 13.8. The van der Waals surface area contributed by atoms with Gasteiger partial charge < -0.3 is 11.1 Å². The number of amides is 1. The highest BCUT2D eigenvalue weighted by Crippen LogP contribution is 2.17. The highest BCUT2D eigenvalue weighted by atomic mass is 35.5. The second-order valence-electron chi connectivity index (χ2n) is 6.51. The number of rotatable bonds is 5. The summed E-state index contributed by atoms with van der Waals surface area (Å²) in [5, 5.41) is 3.04. The lowest BCUT2D eigenvalue weighted by molar-refractivity contribution is 0.0950. The number of hydrogen-bond acceptors (Lipinski definition) is 3. The Balaban J connectivity index is 0.00000169. The van der Waals surface area contributed by atoms with Crippen molar-refractivity contribution in [2.24, 2.45) is 0 Å². The van der Waals surface area contributed by atoms with Crippen LogP contribution in [0.25, 0.3) is 0 Å². The maximum Gasteiger partial charge on any atom is 0.251 e. The van der Waals surface area contributed by atoms with E-state index in [4.69, 9.17) is 5.73 Å². The summed E-state index contributed by atoms with van der Waals surface area (Å²) in [7, 11) is 0. The number of nitrogens with zero attached hydrogens (tertiary/aromatic N) is 1. The Morgan fingerprint density at radius 3 is 2.42 bits per heavy atom. The maximum absolute atomic E-state index is 12.5. The van der Waals surface area contributed by atoms with Gasteiger partial charge in [-0.15, -0.1) is 24.8 Å². The highest BCUT2D eigenvalue weighted by molar-refractivity contribution is 5.96. The van der Waals surface area contributed by atoms with Gasteiger partial charge in [-0.2, -0.15) is 0 Å². The Morgan fingerprint density at radius 1 is 1.08 bits per heavy atom. The van der Waals surface area contributed by atoms with Gasteiger partial charge in [-0.25, -0.2) is 0 Å². The van der Waals surface area contributed by atoms with Gasteiger partial charge in [0, 0.05) is 24.3 Å². The van der Waals surface area contributed by atoms with Crippen LogP contribution in [0.3, 0.4) is 0 Å². The van der Waals surface area contributed by atoms with Gasteiger partial charge in [0.25, 0.3) is 5.91 Å². The van der Waals surface area contributed by atoms with Crippen molar-refractivity contribution in [3.8, 4) is 0 Å². The van der Waals surface area contributed by atoms with E-state index in [1.807, 2.05) is 25.1 Å². The Bertz CT molecular complexity index is 731. The number of nitrogens with one attached hydrogen (secondary N) is 1. The quantitative estimate of drug-likeness (QED) is 0.753. The van der Waals surface area contributed by atoms with Gasteiger partial charge in [0.2, 0.25) is 0 Å². The van der Waals surface area contributed by atoms with Gasteiger partial charge >= 0.3 is 0 Å². The Hall–Kier alpha value is -1.75. The molecule has 0 aliphatic carbocycles. The van der Waals surface area contributed by atoms with Crippen LogP contribution in [0.15, 0.2) is 42.5 Å². The molecule has 1 saturated heterocycles. The van der Waals surface area contributed by atoms with Crippen LogP contribution >= 0.6 is 24.8 Å². The smallest absolute Gasteiger partial charge is 0.251 e. The van der Waals surface area contributed by atoms with E-state index in [2.05, 4.69) is 28.4 Å². The molecule has 3 rings (SSSR count). The number of aryl methyl sites for hydroxylation is 1. The van der Waals surface area contributed by atoms with Gasteiger partial charge in [0.05, 0.1) is 0 Å². The minimum atomic E-state index is -0.0734. The number of benzene rings is 2. The first-order chi connectivity index (χ1) is 11.6. The molecule has 1 aliphatic heterocycles. The Labute approximate surface area is 168 Å². The fourth-order valence-corrected chi connectivity index (χ4v) is 3.22. The zero-order valence-electron chi connectivity index (χ0n) is 15.0. The minimum absolute atomic E-state index is 0. The van der Waals surface area contributed by atoms with Crippen molar-refractivity contribution in [3.63, 3.8) is 0 Å². The second kappa shape index (κ2) is 10.4. The summed E-state index contributed by atoms with van der Waals surface area (Å²) < 4.78 is 0.